The highest BCUT2D eigenvalue weighted by Crippen LogP contribution is 2.37. The molecule has 14 heteroatoms. The Labute approximate surface area is 234 Å². The van der Waals surface area contributed by atoms with Crippen molar-refractivity contribution in [3.05, 3.63) is 80.8 Å². The number of nitro groups is 1. The summed E-state index contributed by atoms with van der Waals surface area (Å²) in [6.45, 7) is -0.752. The van der Waals surface area contributed by atoms with Gasteiger partial charge in [-0.25, -0.2) is 13.8 Å². The minimum absolute atomic E-state index is 0.0289. The lowest BCUT2D eigenvalue weighted by atomic mass is 10.2. The van der Waals surface area contributed by atoms with Gasteiger partial charge in [0.25, 0.3) is 21.6 Å². The molecule has 1 N–H and O–H groups in total. The summed E-state index contributed by atoms with van der Waals surface area (Å²) in [7, 11) is 1.91. The average Bonchev–Trinajstić information content (AvgIpc) is 2.91. The third-order valence-electron chi connectivity index (χ3n) is 5.43. The van der Waals surface area contributed by atoms with Crippen molar-refractivity contribution in [1.82, 2.24) is 5.43 Å². The summed E-state index contributed by atoms with van der Waals surface area (Å²) in [5.74, 6) is -0.354. The first kappa shape index (κ1) is 29.4. The summed E-state index contributed by atoms with van der Waals surface area (Å²) in [5.41, 5.74) is 3.26. The molecule has 3 aromatic rings. The van der Waals surface area contributed by atoms with Gasteiger partial charge < -0.3 is 14.4 Å². The molecule has 0 aliphatic carbocycles. The molecule has 0 aliphatic rings. The quantitative estimate of drug-likeness (QED) is 0.194. The normalized spacial score (nSPS) is 11.2. The Morgan fingerprint density at radius 1 is 1.08 bits per heavy atom. The maximum Gasteiger partial charge on any atom is 0.289 e. The van der Waals surface area contributed by atoms with Gasteiger partial charge >= 0.3 is 0 Å². The van der Waals surface area contributed by atoms with Crippen molar-refractivity contribution in [2.75, 3.05) is 44.1 Å². The molecular formula is C25H26BrN5O7S. The fraction of sp³-hybridized carbons (Fsp3) is 0.200. The fourth-order valence-corrected chi connectivity index (χ4v) is 5.89. The van der Waals surface area contributed by atoms with E-state index in [1.807, 2.05) is 25.1 Å². The largest absolute Gasteiger partial charge is 0.497 e. The number of hydrogen-bond acceptors (Lipinski definition) is 9. The maximum atomic E-state index is 13.7. The van der Waals surface area contributed by atoms with Gasteiger partial charge in [-0.3, -0.25) is 19.2 Å². The van der Waals surface area contributed by atoms with E-state index in [0.717, 1.165) is 26.6 Å². The Kier molecular flexibility index (Phi) is 9.48. The summed E-state index contributed by atoms with van der Waals surface area (Å²) in [6, 6.07) is 14.6. The van der Waals surface area contributed by atoms with Crippen LogP contribution in [-0.4, -0.2) is 60.3 Å². The van der Waals surface area contributed by atoms with Crippen LogP contribution in [0.2, 0.25) is 0 Å². The van der Waals surface area contributed by atoms with Crippen molar-refractivity contribution in [1.29, 1.82) is 0 Å². The predicted octanol–water partition coefficient (Wildman–Crippen LogP) is 3.79. The highest BCUT2D eigenvalue weighted by atomic mass is 79.9. The number of nitro benzene ring substituents is 1. The maximum absolute atomic E-state index is 13.7. The van der Waals surface area contributed by atoms with Crippen LogP contribution in [0, 0.1) is 10.1 Å². The van der Waals surface area contributed by atoms with Crippen molar-refractivity contribution < 1.29 is 27.6 Å². The van der Waals surface area contributed by atoms with Crippen molar-refractivity contribution in [3.8, 4) is 11.5 Å². The van der Waals surface area contributed by atoms with Crippen LogP contribution in [0.3, 0.4) is 0 Å². The van der Waals surface area contributed by atoms with Crippen LogP contribution in [0.15, 0.2) is 75.1 Å². The molecule has 0 spiro atoms. The Bertz CT molecular complexity index is 1510. The van der Waals surface area contributed by atoms with Crippen molar-refractivity contribution >= 4 is 55.1 Å². The van der Waals surface area contributed by atoms with E-state index >= 15 is 0 Å². The third kappa shape index (κ3) is 6.83. The molecule has 0 aliphatic heterocycles. The highest BCUT2D eigenvalue weighted by Gasteiger charge is 2.34. The highest BCUT2D eigenvalue weighted by molar-refractivity contribution is 9.10. The Balaban J connectivity index is 1.97. The van der Waals surface area contributed by atoms with Gasteiger partial charge in [0.2, 0.25) is 0 Å². The first-order chi connectivity index (χ1) is 18.5. The fourth-order valence-electron chi connectivity index (χ4n) is 3.55. The van der Waals surface area contributed by atoms with Crippen LogP contribution in [0.4, 0.5) is 17.1 Å². The summed E-state index contributed by atoms with van der Waals surface area (Å²) in [4.78, 5) is 25.0. The number of nitrogens with zero attached hydrogens (tertiary/aromatic N) is 4. The summed E-state index contributed by atoms with van der Waals surface area (Å²) >= 11 is 3.48. The van der Waals surface area contributed by atoms with Crippen LogP contribution >= 0.6 is 15.9 Å². The number of benzene rings is 3. The molecule has 39 heavy (non-hydrogen) atoms. The van der Waals surface area contributed by atoms with E-state index in [2.05, 4.69) is 26.5 Å². The van der Waals surface area contributed by atoms with E-state index in [0.29, 0.717) is 11.3 Å². The molecule has 1 amide bonds. The van der Waals surface area contributed by atoms with E-state index in [1.165, 1.54) is 50.8 Å². The van der Waals surface area contributed by atoms with Gasteiger partial charge in [0.15, 0.2) is 4.90 Å². The van der Waals surface area contributed by atoms with Crippen LogP contribution in [-0.2, 0) is 14.8 Å². The SMILES string of the molecule is COc1ccc(N(CC(=O)N/N=C\c2ccc(N(C)C)c(Br)c2)S(=O)(=O)c2ccccc2[N+](=O)[O-])c(OC)c1. The lowest BCUT2D eigenvalue weighted by Gasteiger charge is -2.25. The van der Waals surface area contributed by atoms with Crippen LogP contribution in [0.5, 0.6) is 11.5 Å². The molecule has 0 radical (unpaired) electrons. The zero-order chi connectivity index (χ0) is 28.7. The summed E-state index contributed by atoms with van der Waals surface area (Å²) in [5, 5.41) is 15.5. The first-order valence-corrected chi connectivity index (χ1v) is 13.5. The van der Waals surface area contributed by atoms with E-state index in [9.17, 15) is 23.3 Å². The number of amides is 1. The number of carbonyl (C=O) groups is 1. The molecule has 3 aromatic carbocycles. The number of nitrogens with one attached hydrogen (secondary N) is 1. The Morgan fingerprint density at radius 3 is 2.38 bits per heavy atom. The summed E-state index contributed by atoms with van der Waals surface area (Å²) < 4.78 is 39.5. The Morgan fingerprint density at radius 2 is 1.77 bits per heavy atom. The molecule has 0 saturated heterocycles. The molecule has 206 valence electrons. The Hall–Kier alpha value is -4.17. The number of para-hydroxylation sites is 1. The molecule has 0 unspecified atom stereocenters. The number of hydrogen-bond donors (Lipinski definition) is 1. The lowest BCUT2D eigenvalue weighted by molar-refractivity contribution is -0.387. The van der Waals surface area contributed by atoms with Gasteiger partial charge in [0.1, 0.15) is 18.0 Å². The predicted molar refractivity (Wildman–Crippen MR) is 151 cm³/mol. The van der Waals surface area contributed by atoms with Gasteiger partial charge in [0.05, 0.1) is 36.7 Å². The molecule has 0 heterocycles. The number of hydrazone groups is 1. The number of anilines is 2. The molecule has 0 saturated carbocycles. The zero-order valence-corrected chi connectivity index (χ0v) is 23.9. The molecule has 0 bridgehead atoms. The van der Waals surface area contributed by atoms with E-state index in [1.54, 1.807) is 12.1 Å². The second-order valence-corrected chi connectivity index (χ2v) is 10.9. The van der Waals surface area contributed by atoms with Crippen molar-refractivity contribution in [3.63, 3.8) is 0 Å². The molecule has 3 rings (SSSR count). The minimum Gasteiger partial charge on any atom is -0.497 e. The lowest BCUT2D eigenvalue weighted by Crippen LogP contribution is -2.40. The van der Waals surface area contributed by atoms with E-state index < -0.39 is 38.0 Å². The second-order valence-electron chi connectivity index (χ2n) is 8.17. The van der Waals surface area contributed by atoms with Gasteiger partial charge in [-0.05, 0) is 51.8 Å². The van der Waals surface area contributed by atoms with Gasteiger partial charge in [-0.2, -0.15) is 5.10 Å². The monoisotopic (exact) mass is 619 g/mol. The molecule has 12 nitrogen and oxygen atoms in total. The van der Waals surface area contributed by atoms with E-state index in [4.69, 9.17) is 9.47 Å². The van der Waals surface area contributed by atoms with Crippen LogP contribution in [0.25, 0.3) is 0 Å². The van der Waals surface area contributed by atoms with E-state index in [-0.39, 0.29) is 11.4 Å². The smallest absolute Gasteiger partial charge is 0.289 e. The number of halogens is 1. The van der Waals surface area contributed by atoms with Gasteiger partial charge in [-0.15, -0.1) is 0 Å². The van der Waals surface area contributed by atoms with Gasteiger partial charge in [0, 0.05) is 30.7 Å². The first-order valence-electron chi connectivity index (χ1n) is 11.3. The number of ether oxygens (including phenoxy) is 2. The molecular weight excluding hydrogens is 594 g/mol. The van der Waals surface area contributed by atoms with Crippen molar-refractivity contribution in [2.45, 2.75) is 4.90 Å². The third-order valence-corrected chi connectivity index (χ3v) is 7.87. The average molecular weight is 620 g/mol. The van der Waals surface area contributed by atoms with Crippen LogP contribution < -0.4 is 24.1 Å². The van der Waals surface area contributed by atoms with Crippen LogP contribution in [0.1, 0.15) is 5.56 Å². The second kappa shape index (κ2) is 12.6. The van der Waals surface area contributed by atoms with Gasteiger partial charge in [-0.1, -0.05) is 18.2 Å². The number of methoxy groups -OCH3 is 2. The number of carbonyl (C=O) groups excluding carboxylic acids is 1. The summed E-state index contributed by atoms with van der Waals surface area (Å²) in [6.07, 6.45) is 1.40. The molecule has 0 aromatic heterocycles. The standard InChI is InChI=1S/C25H26BrN5O7S/c1-29(2)20-11-9-17(13-19(20)26)15-27-28-25(32)16-30(21-12-10-18(37-3)14-23(21)38-4)39(35,36)24-8-6-5-7-22(24)31(33)34/h5-15H,16H2,1-4H3,(H,28,32)/b27-15-. The van der Waals surface area contributed by atoms with Crippen molar-refractivity contribution in [2.24, 2.45) is 5.10 Å². The minimum atomic E-state index is -4.63. The molecule has 0 atom stereocenters. The topological polar surface area (TPSA) is 144 Å². The number of sulfonamides is 1. The molecule has 0 fully saturated rings. The number of rotatable bonds is 11. The zero-order valence-electron chi connectivity index (χ0n) is 21.5.